The number of rotatable bonds is 5. The number of morpholine rings is 1. The molecule has 1 aromatic rings. The molecule has 1 fully saturated rings. The predicted octanol–water partition coefficient (Wildman–Crippen LogP) is 1.24. The van der Waals surface area contributed by atoms with Gasteiger partial charge in [-0.2, -0.15) is 0 Å². The van der Waals surface area contributed by atoms with Crippen LogP contribution in [0.4, 0.5) is 0 Å². The highest BCUT2D eigenvalue weighted by molar-refractivity contribution is 7.89. The molecule has 2 rings (SSSR count). The molecule has 0 bridgehead atoms. The molecular formula is C12H17Cl2N3O3S. The Kier molecular flexibility index (Phi) is 5.84. The normalized spacial score (nSPS) is 17.1. The average molecular weight is 354 g/mol. The Labute approximate surface area is 134 Å². The van der Waals surface area contributed by atoms with E-state index in [9.17, 15) is 8.42 Å². The third kappa shape index (κ3) is 4.29. The SMILES string of the molecule is CNCc1cc(Cl)cc(S(=O)(=O)NN2CCOCC2)c1Cl. The number of sulfonamides is 1. The molecule has 1 saturated heterocycles. The molecule has 0 amide bonds. The zero-order valence-corrected chi connectivity index (χ0v) is 13.9. The van der Waals surface area contributed by atoms with Crippen molar-refractivity contribution in [1.29, 1.82) is 0 Å². The number of hydrazine groups is 1. The Morgan fingerprint density at radius 2 is 1.95 bits per heavy atom. The van der Waals surface area contributed by atoms with E-state index in [2.05, 4.69) is 10.1 Å². The van der Waals surface area contributed by atoms with Gasteiger partial charge in [0.15, 0.2) is 0 Å². The van der Waals surface area contributed by atoms with Gasteiger partial charge < -0.3 is 10.1 Å². The van der Waals surface area contributed by atoms with Crippen molar-refractivity contribution in [2.24, 2.45) is 0 Å². The molecule has 0 unspecified atom stereocenters. The van der Waals surface area contributed by atoms with Crippen molar-refractivity contribution in [3.63, 3.8) is 0 Å². The van der Waals surface area contributed by atoms with Crippen molar-refractivity contribution >= 4 is 33.2 Å². The highest BCUT2D eigenvalue weighted by atomic mass is 35.5. The Hall–Kier alpha value is -0.410. The molecule has 0 spiro atoms. The van der Waals surface area contributed by atoms with Gasteiger partial charge >= 0.3 is 0 Å². The molecule has 9 heteroatoms. The van der Waals surface area contributed by atoms with Crippen LogP contribution in [-0.2, 0) is 21.3 Å². The van der Waals surface area contributed by atoms with Crippen molar-refractivity contribution in [3.8, 4) is 0 Å². The Bertz CT molecular complexity index is 604. The summed E-state index contributed by atoms with van der Waals surface area (Å²) in [6.07, 6.45) is 0. The van der Waals surface area contributed by atoms with E-state index >= 15 is 0 Å². The van der Waals surface area contributed by atoms with Crippen molar-refractivity contribution in [2.75, 3.05) is 33.4 Å². The lowest BCUT2D eigenvalue weighted by Gasteiger charge is -2.27. The van der Waals surface area contributed by atoms with Crippen LogP contribution < -0.4 is 10.1 Å². The second kappa shape index (κ2) is 7.23. The minimum Gasteiger partial charge on any atom is -0.379 e. The summed E-state index contributed by atoms with van der Waals surface area (Å²) >= 11 is 12.2. The Balaban J connectivity index is 2.30. The molecule has 0 atom stereocenters. The van der Waals surface area contributed by atoms with Crippen LogP contribution in [-0.4, -0.2) is 46.8 Å². The first-order chi connectivity index (χ1) is 9.94. The monoisotopic (exact) mass is 353 g/mol. The maximum atomic E-state index is 12.5. The first kappa shape index (κ1) is 17.0. The van der Waals surface area contributed by atoms with Gasteiger partial charge in [-0.1, -0.05) is 23.2 Å². The number of benzene rings is 1. The fourth-order valence-corrected chi connectivity index (χ4v) is 4.06. The highest BCUT2D eigenvalue weighted by Gasteiger charge is 2.24. The summed E-state index contributed by atoms with van der Waals surface area (Å²) in [7, 11) is -2.03. The maximum Gasteiger partial charge on any atom is 0.255 e. The van der Waals surface area contributed by atoms with E-state index in [4.69, 9.17) is 27.9 Å². The van der Waals surface area contributed by atoms with Crippen molar-refractivity contribution in [1.82, 2.24) is 15.2 Å². The highest BCUT2D eigenvalue weighted by Crippen LogP contribution is 2.29. The lowest BCUT2D eigenvalue weighted by Crippen LogP contribution is -2.48. The van der Waals surface area contributed by atoms with Crippen molar-refractivity contribution in [3.05, 3.63) is 27.7 Å². The first-order valence-electron chi connectivity index (χ1n) is 6.41. The standard InChI is InChI=1S/C12H17Cl2N3O3S/c1-15-8-9-6-10(13)7-11(12(9)14)21(18,19)16-17-2-4-20-5-3-17/h6-7,15-16H,2-5,8H2,1H3. The molecule has 21 heavy (non-hydrogen) atoms. The molecule has 0 aliphatic carbocycles. The summed E-state index contributed by atoms with van der Waals surface area (Å²) in [5, 5.41) is 5.02. The summed E-state index contributed by atoms with van der Waals surface area (Å²) in [6, 6.07) is 3.00. The van der Waals surface area contributed by atoms with E-state index in [-0.39, 0.29) is 9.92 Å². The molecule has 118 valence electrons. The van der Waals surface area contributed by atoms with Gasteiger partial charge in [0.05, 0.1) is 18.2 Å². The van der Waals surface area contributed by atoms with Gasteiger partial charge in [-0.3, -0.25) is 0 Å². The van der Waals surface area contributed by atoms with Gasteiger partial charge in [-0.25, -0.2) is 13.4 Å². The maximum absolute atomic E-state index is 12.5. The molecule has 0 radical (unpaired) electrons. The zero-order chi connectivity index (χ0) is 15.5. The minimum atomic E-state index is -3.78. The predicted molar refractivity (Wildman–Crippen MR) is 81.9 cm³/mol. The minimum absolute atomic E-state index is 0.0200. The fourth-order valence-electron chi connectivity index (χ4n) is 2.01. The lowest BCUT2D eigenvalue weighted by molar-refractivity contribution is 0.0272. The third-order valence-corrected chi connectivity index (χ3v) is 5.17. The number of hydrogen-bond acceptors (Lipinski definition) is 5. The molecule has 1 heterocycles. The Morgan fingerprint density at radius 1 is 1.29 bits per heavy atom. The van der Waals surface area contributed by atoms with E-state index in [1.54, 1.807) is 18.1 Å². The van der Waals surface area contributed by atoms with Gasteiger partial charge in [0, 0.05) is 24.7 Å². The smallest absolute Gasteiger partial charge is 0.255 e. The van der Waals surface area contributed by atoms with Crippen LogP contribution in [0, 0.1) is 0 Å². The molecule has 1 aromatic carbocycles. The second-order valence-electron chi connectivity index (χ2n) is 4.60. The van der Waals surface area contributed by atoms with E-state index < -0.39 is 10.0 Å². The summed E-state index contributed by atoms with van der Waals surface area (Å²) in [6.45, 7) is 2.37. The summed E-state index contributed by atoms with van der Waals surface area (Å²) in [5.41, 5.74) is 0.633. The largest absolute Gasteiger partial charge is 0.379 e. The zero-order valence-electron chi connectivity index (χ0n) is 11.5. The number of halogens is 2. The van der Waals surface area contributed by atoms with E-state index in [0.29, 0.717) is 43.4 Å². The summed E-state index contributed by atoms with van der Waals surface area (Å²) in [5.74, 6) is 0. The van der Waals surface area contributed by atoms with Crippen LogP contribution in [0.2, 0.25) is 10.0 Å². The molecule has 1 aliphatic heterocycles. The molecule has 2 N–H and O–H groups in total. The van der Waals surface area contributed by atoms with Gasteiger partial charge in [-0.05, 0) is 24.7 Å². The quantitative estimate of drug-likeness (QED) is 0.833. The second-order valence-corrected chi connectivity index (χ2v) is 7.05. The number of ether oxygens (including phenoxy) is 1. The van der Waals surface area contributed by atoms with Crippen LogP contribution in [0.5, 0.6) is 0 Å². The van der Waals surface area contributed by atoms with Crippen LogP contribution in [0.15, 0.2) is 17.0 Å². The van der Waals surface area contributed by atoms with E-state index in [0.717, 1.165) is 0 Å². The molecule has 0 saturated carbocycles. The van der Waals surface area contributed by atoms with Crippen LogP contribution >= 0.6 is 23.2 Å². The number of nitrogens with zero attached hydrogens (tertiary/aromatic N) is 1. The van der Waals surface area contributed by atoms with Crippen LogP contribution in [0.25, 0.3) is 0 Å². The van der Waals surface area contributed by atoms with Crippen molar-refractivity contribution < 1.29 is 13.2 Å². The van der Waals surface area contributed by atoms with Crippen LogP contribution in [0.1, 0.15) is 5.56 Å². The number of nitrogens with one attached hydrogen (secondary N) is 2. The molecular weight excluding hydrogens is 337 g/mol. The molecule has 6 nitrogen and oxygen atoms in total. The van der Waals surface area contributed by atoms with Gasteiger partial charge in [-0.15, -0.1) is 4.83 Å². The topological polar surface area (TPSA) is 70.7 Å². The summed E-state index contributed by atoms with van der Waals surface area (Å²) < 4.78 is 30.1. The average Bonchev–Trinajstić information content (AvgIpc) is 2.43. The van der Waals surface area contributed by atoms with Gasteiger partial charge in [0.25, 0.3) is 10.0 Å². The molecule has 1 aliphatic rings. The number of hydrogen-bond donors (Lipinski definition) is 2. The fraction of sp³-hybridized carbons (Fsp3) is 0.500. The van der Waals surface area contributed by atoms with Crippen LogP contribution in [0.3, 0.4) is 0 Å². The van der Waals surface area contributed by atoms with E-state index in [1.807, 2.05) is 0 Å². The van der Waals surface area contributed by atoms with Gasteiger partial charge in [0.2, 0.25) is 0 Å². The first-order valence-corrected chi connectivity index (χ1v) is 8.65. The van der Waals surface area contributed by atoms with Crippen molar-refractivity contribution in [2.45, 2.75) is 11.4 Å². The van der Waals surface area contributed by atoms with Gasteiger partial charge in [0.1, 0.15) is 4.90 Å². The molecule has 0 aromatic heterocycles. The summed E-state index contributed by atoms with van der Waals surface area (Å²) in [4.78, 5) is 2.49. The van der Waals surface area contributed by atoms with E-state index in [1.165, 1.54) is 6.07 Å². The third-order valence-electron chi connectivity index (χ3n) is 3.00. The lowest BCUT2D eigenvalue weighted by atomic mass is 10.2. The Morgan fingerprint density at radius 3 is 2.57 bits per heavy atom.